The van der Waals surface area contributed by atoms with Gasteiger partial charge in [0.1, 0.15) is 0 Å². The summed E-state index contributed by atoms with van der Waals surface area (Å²) < 4.78 is 0. The molecular weight excluding hydrogens is 162 g/mol. The van der Waals surface area contributed by atoms with E-state index in [0.717, 1.165) is 0 Å². The number of primary amides is 1. The smallest absolute Gasteiger partial charge is 0.219 e. The molecule has 5 heteroatoms. The van der Waals surface area contributed by atoms with Crippen LogP contribution < -0.4 is 16.4 Å². The second kappa shape index (κ2) is 4.90. The molecule has 1 unspecified atom stereocenters. The van der Waals surface area contributed by atoms with Gasteiger partial charge < -0.3 is 16.4 Å². The van der Waals surface area contributed by atoms with Crippen molar-refractivity contribution in [2.24, 2.45) is 5.73 Å². The summed E-state index contributed by atoms with van der Waals surface area (Å²) in [4.78, 5) is 10.4. The molecule has 0 heterocycles. The molecule has 1 amide bonds. The Morgan fingerprint density at radius 3 is 2.64 bits per heavy atom. The van der Waals surface area contributed by atoms with Crippen LogP contribution in [-0.4, -0.2) is 24.1 Å². The second-order valence-corrected chi connectivity index (χ2v) is 2.70. The lowest BCUT2D eigenvalue weighted by Crippen LogP contribution is -2.40. The van der Waals surface area contributed by atoms with Gasteiger partial charge in [0.15, 0.2) is 5.11 Å². The highest BCUT2D eigenvalue weighted by Crippen LogP contribution is 1.87. The monoisotopic (exact) mass is 175 g/mol. The van der Waals surface area contributed by atoms with Gasteiger partial charge in [0.05, 0.1) is 0 Å². The number of nitrogens with two attached hydrogens (primary N) is 1. The molecule has 0 aromatic carbocycles. The van der Waals surface area contributed by atoms with Crippen LogP contribution in [-0.2, 0) is 4.79 Å². The number of carbonyl (C=O) groups excluding carboxylic acids is 1. The number of hydrogen-bond acceptors (Lipinski definition) is 2. The highest BCUT2D eigenvalue weighted by molar-refractivity contribution is 7.80. The minimum Gasteiger partial charge on any atom is -0.370 e. The molecule has 0 aliphatic carbocycles. The molecule has 11 heavy (non-hydrogen) atoms. The van der Waals surface area contributed by atoms with Crippen LogP contribution in [0.2, 0.25) is 0 Å². The number of hydrogen-bond donors (Lipinski definition) is 3. The Labute approximate surface area is 71.5 Å². The zero-order valence-corrected chi connectivity index (χ0v) is 7.49. The van der Waals surface area contributed by atoms with Crippen molar-refractivity contribution in [3.8, 4) is 0 Å². The van der Waals surface area contributed by atoms with Gasteiger partial charge in [-0.25, -0.2) is 0 Å². The van der Waals surface area contributed by atoms with Crippen molar-refractivity contribution in [3.63, 3.8) is 0 Å². The first kappa shape index (κ1) is 10.2. The molecule has 4 N–H and O–H groups in total. The molecule has 0 aliphatic rings. The summed E-state index contributed by atoms with van der Waals surface area (Å²) in [6.07, 6.45) is 0.293. The van der Waals surface area contributed by atoms with Crippen LogP contribution in [0.3, 0.4) is 0 Å². The van der Waals surface area contributed by atoms with E-state index in [1.807, 2.05) is 6.92 Å². The third kappa shape index (κ3) is 5.60. The summed E-state index contributed by atoms with van der Waals surface area (Å²) in [5, 5.41) is 6.14. The fourth-order valence-corrected chi connectivity index (χ4v) is 0.850. The Kier molecular flexibility index (Phi) is 4.52. The molecule has 0 radical (unpaired) electrons. The van der Waals surface area contributed by atoms with Gasteiger partial charge in [-0.05, 0) is 19.1 Å². The molecule has 0 rings (SSSR count). The van der Waals surface area contributed by atoms with E-state index in [1.54, 1.807) is 7.05 Å². The van der Waals surface area contributed by atoms with Crippen molar-refractivity contribution < 1.29 is 4.79 Å². The van der Waals surface area contributed by atoms with Gasteiger partial charge >= 0.3 is 0 Å². The van der Waals surface area contributed by atoms with Crippen LogP contribution >= 0.6 is 12.2 Å². The fraction of sp³-hybridized carbons (Fsp3) is 0.667. The topological polar surface area (TPSA) is 67.2 Å². The molecule has 0 bridgehead atoms. The van der Waals surface area contributed by atoms with E-state index < -0.39 is 0 Å². The van der Waals surface area contributed by atoms with Crippen LogP contribution in [0.15, 0.2) is 0 Å². The van der Waals surface area contributed by atoms with E-state index in [0.29, 0.717) is 11.5 Å². The van der Waals surface area contributed by atoms with Crippen LogP contribution in [0.25, 0.3) is 0 Å². The van der Waals surface area contributed by atoms with E-state index >= 15 is 0 Å². The maximum Gasteiger partial charge on any atom is 0.219 e. The molecule has 0 aromatic rings. The summed E-state index contributed by atoms with van der Waals surface area (Å²) >= 11 is 4.81. The third-order valence-electron chi connectivity index (χ3n) is 1.11. The Balaban J connectivity index is 3.60. The zero-order chi connectivity index (χ0) is 8.85. The largest absolute Gasteiger partial charge is 0.370 e. The second-order valence-electron chi connectivity index (χ2n) is 2.29. The van der Waals surface area contributed by atoms with E-state index in [2.05, 4.69) is 10.6 Å². The van der Waals surface area contributed by atoms with E-state index in [1.165, 1.54) is 0 Å². The molecular formula is C6H13N3OS. The molecule has 64 valence electrons. The van der Waals surface area contributed by atoms with Crippen molar-refractivity contribution in [2.75, 3.05) is 7.05 Å². The van der Waals surface area contributed by atoms with Crippen LogP contribution in [0.1, 0.15) is 13.3 Å². The number of thiocarbonyl (C=S) groups is 1. The summed E-state index contributed by atoms with van der Waals surface area (Å²) in [6, 6.07) is -0.00699. The normalized spacial score (nSPS) is 11.8. The number of amides is 1. The van der Waals surface area contributed by atoms with Crippen LogP contribution in [0.5, 0.6) is 0 Å². The summed E-state index contributed by atoms with van der Waals surface area (Å²) in [5.41, 5.74) is 4.97. The Morgan fingerprint density at radius 2 is 2.27 bits per heavy atom. The van der Waals surface area contributed by atoms with Crippen LogP contribution in [0.4, 0.5) is 0 Å². The minimum atomic E-state index is -0.330. The molecule has 4 nitrogen and oxygen atoms in total. The first-order chi connectivity index (χ1) is 5.06. The standard InChI is InChI=1S/C6H13N3OS/c1-4(3-5(7)10)9-6(11)8-2/h4H,3H2,1-2H3,(H2,7,10)(H2,8,9,11). The highest BCUT2D eigenvalue weighted by Gasteiger charge is 2.05. The molecule has 0 spiro atoms. The minimum absolute atomic E-state index is 0.00699. The Morgan fingerprint density at radius 1 is 1.73 bits per heavy atom. The van der Waals surface area contributed by atoms with E-state index in [4.69, 9.17) is 18.0 Å². The Hall–Kier alpha value is -0.840. The summed E-state index contributed by atoms with van der Waals surface area (Å²) in [6.45, 7) is 1.84. The highest BCUT2D eigenvalue weighted by atomic mass is 32.1. The quantitative estimate of drug-likeness (QED) is 0.498. The molecule has 1 atom stereocenters. The fourth-order valence-electron chi connectivity index (χ4n) is 0.649. The lowest BCUT2D eigenvalue weighted by Gasteiger charge is -2.12. The average Bonchev–Trinajstić information content (AvgIpc) is 1.85. The zero-order valence-electron chi connectivity index (χ0n) is 6.68. The van der Waals surface area contributed by atoms with Crippen molar-refractivity contribution in [1.82, 2.24) is 10.6 Å². The van der Waals surface area contributed by atoms with Crippen molar-refractivity contribution in [2.45, 2.75) is 19.4 Å². The van der Waals surface area contributed by atoms with Crippen LogP contribution in [0, 0.1) is 0 Å². The van der Waals surface area contributed by atoms with Gasteiger partial charge in [0.2, 0.25) is 5.91 Å². The lowest BCUT2D eigenvalue weighted by atomic mass is 10.2. The first-order valence-electron chi connectivity index (χ1n) is 3.32. The average molecular weight is 175 g/mol. The van der Waals surface area contributed by atoms with Gasteiger partial charge in [-0.1, -0.05) is 0 Å². The lowest BCUT2D eigenvalue weighted by molar-refractivity contribution is -0.118. The van der Waals surface area contributed by atoms with Gasteiger partial charge in [-0.3, -0.25) is 4.79 Å². The third-order valence-corrected chi connectivity index (χ3v) is 1.43. The van der Waals surface area contributed by atoms with E-state index in [-0.39, 0.29) is 11.9 Å². The van der Waals surface area contributed by atoms with Gasteiger partial charge in [-0.2, -0.15) is 0 Å². The van der Waals surface area contributed by atoms with Crippen molar-refractivity contribution >= 4 is 23.2 Å². The summed E-state index contributed by atoms with van der Waals surface area (Å²) in [7, 11) is 1.71. The van der Waals surface area contributed by atoms with Gasteiger partial charge in [0, 0.05) is 19.5 Å². The Bertz CT molecular complexity index is 160. The SMILES string of the molecule is CNC(=S)NC(C)CC(N)=O. The van der Waals surface area contributed by atoms with Crippen molar-refractivity contribution in [3.05, 3.63) is 0 Å². The maximum absolute atomic E-state index is 10.4. The van der Waals surface area contributed by atoms with E-state index in [9.17, 15) is 4.79 Å². The molecule has 0 aliphatic heterocycles. The number of rotatable bonds is 3. The molecule has 0 aromatic heterocycles. The first-order valence-corrected chi connectivity index (χ1v) is 3.73. The van der Waals surface area contributed by atoms with Gasteiger partial charge in [0.25, 0.3) is 0 Å². The number of nitrogens with one attached hydrogen (secondary N) is 2. The van der Waals surface area contributed by atoms with Crippen molar-refractivity contribution in [1.29, 1.82) is 0 Å². The summed E-state index contributed by atoms with van der Waals surface area (Å²) in [5.74, 6) is -0.330. The number of carbonyl (C=O) groups is 1. The molecule has 0 fully saturated rings. The molecule has 0 saturated carbocycles. The predicted octanol–water partition coefficient (Wildman–Crippen LogP) is -0.656. The maximum atomic E-state index is 10.4. The van der Waals surface area contributed by atoms with Gasteiger partial charge in [-0.15, -0.1) is 0 Å². The molecule has 0 saturated heterocycles. The predicted molar refractivity (Wildman–Crippen MR) is 48.1 cm³/mol.